The number of carbonyl (C=O) groups is 2. The fourth-order valence-electron chi connectivity index (χ4n) is 1.76. The molecule has 0 spiro atoms. The summed E-state index contributed by atoms with van der Waals surface area (Å²) in [6, 6.07) is 7.32. The van der Waals surface area contributed by atoms with Crippen molar-refractivity contribution in [3.05, 3.63) is 47.5 Å². The zero-order valence-corrected chi connectivity index (χ0v) is 11.7. The van der Waals surface area contributed by atoms with Crippen LogP contribution >= 0.6 is 0 Å². The second-order valence-corrected chi connectivity index (χ2v) is 4.85. The molecule has 0 saturated heterocycles. The number of H-pyrrole nitrogens is 1. The zero-order valence-electron chi connectivity index (χ0n) is 11.7. The van der Waals surface area contributed by atoms with Gasteiger partial charge in [-0.05, 0) is 5.56 Å². The molecule has 0 radical (unpaired) electrons. The van der Waals surface area contributed by atoms with E-state index < -0.39 is 17.9 Å². The van der Waals surface area contributed by atoms with Crippen LogP contribution in [0.5, 0.6) is 0 Å². The van der Waals surface area contributed by atoms with Gasteiger partial charge >= 0.3 is 5.97 Å². The number of aliphatic carboxylic acids is 1. The lowest BCUT2D eigenvalue weighted by Gasteiger charge is -2.13. The van der Waals surface area contributed by atoms with Gasteiger partial charge in [-0.1, -0.05) is 44.2 Å². The largest absolute Gasteiger partial charge is 0.479 e. The third-order valence-electron chi connectivity index (χ3n) is 2.91. The van der Waals surface area contributed by atoms with E-state index in [9.17, 15) is 14.7 Å². The van der Waals surface area contributed by atoms with E-state index in [1.54, 1.807) is 30.3 Å². The van der Waals surface area contributed by atoms with E-state index in [-0.39, 0.29) is 11.7 Å². The first-order chi connectivity index (χ1) is 9.99. The third-order valence-corrected chi connectivity index (χ3v) is 2.91. The summed E-state index contributed by atoms with van der Waals surface area (Å²) in [7, 11) is 0. The molecule has 0 aliphatic carbocycles. The first kappa shape index (κ1) is 14.7. The van der Waals surface area contributed by atoms with E-state index in [0.29, 0.717) is 11.4 Å². The van der Waals surface area contributed by atoms with Gasteiger partial charge in [-0.15, -0.1) is 5.10 Å². The van der Waals surface area contributed by atoms with Gasteiger partial charge in [0, 0.05) is 5.92 Å². The number of amides is 1. The van der Waals surface area contributed by atoms with E-state index >= 15 is 0 Å². The van der Waals surface area contributed by atoms with E-state index in [0.717, 1.165) is 0 Å². The van der Waals surface area contributed by atoms with Crippen LogP contribution < -0.4 is 5.32 Å². The van der Waals surface area contributed by atoms with E-state index in [4.69, 9.17) is 0 Å². The van der Waals surface area contributed by atoms with Gasteiger partial charge in [0.25, 0.3) is 5.91 Å². The number of carboxylic acid groups (broad SMARTS) is 1. The molecule has 0 unspecified atom stereocenters. The van der Waals surface area contributed by atoms with E-state index in [1.807, 2.05) is 13.8 Å². The summed E-state index contributed by atoms with van der Waals surface area (Å²) in [5, 5.41) is 18.1. The van der Waals surface area contributed by atoms with Gasteiger partial charge in [0.1, 0.15) is 5.82 Å². The van der Waals surface area contributed by atoms with Crippen LogP contribution in [-0.4, -0.2) is 32.2 Å². The molecule has 1 aromatic heterocycles. The Morgan fingerprint density at radius 1 is 1.24 bits per heavy atom. The maximum Gasteiger partial charge on any atom is 0.330 e. The first-order valence-electron chi connectivity index (χ1n) is 6.50. The Labute approximate surface area is 121 Å². The summed E-state index contributed by atoms with van der Waals surface area (Å²) in [6.45, 7) is 3.82. The fourth-order valence-corrected chi connectivity index (χ4v) is 1.76. The van der Waals surface area contributed by atoms with Gasteiger partial charge in [0.05, 0.1) is 0 Å². The highest BCUT2D eigenvalue weighted by Crippen LogP contribution is 2.14. The number of carboxylic acids is 1. The Morgan fingerprint density at radius 3 is 2.43 bits per heavy atom. The number of aromatic nitrogens is 3. The fraction of sp³-hybridized carbons (Fsp3) is 0.286. The normalized spacial score (nSPS) is 12.1. The summed E-state index contributed by atoms with van der Waals surface area (Å²) < 4.78 is 0. The van der Waals surface area contributed by atoms with Gasteiger partial charge in [0.2, 0.25) is 5.82 Å². The second kappa shape index (κ2) is 6.17. The van der Waals surface area contributed by atoms with Crippen LogP contribution in [0.15, 0.2) is 30.3 Å². The van der Waals surface area contributed by atoms with Crippen LogP contribution in [0.1, 0.15) is 47.8 Å². The molecule has 110 valence electrons. The van der Waals surface area contributed by atoms with Gasteiger partial charge < -0.3 is 10.4 Å². The molecule has 2 rings (SSSR count). The molecule has 0 fully saturated rings. The topological polar surface area (TPSA) is 108 Å². The number of hydrogen-bond acceptors (Lipinski definition) is 4. The molecule has 0 aliphatic rings. The van der Waals surface area contributed by atoms with Crippen LogP contribution in [-0.2, 0) is 4.79 Å². The van der Waals surface area contributed by atoms with Crippen LogP contribution in [0.3, 0.4) is 0 Å². The van der Waals surface area contributed by atoms with Crippen molar-refractivity contribution in [1.29, 1.82) is 0 Å². The van der Waals surface area contributed by atoms with Crippen molar-refractivity contribution in [3.63, 3.8) is 0 Å². The molecule has 0 bridgehead atoms. The molecule has 1 atom stereocenters. The Balaban J connectivity index is 2.17. The highest BCUT2D eigenvalue weighted by atomic mass is 16.4. The summed E-state index contributed by atoms with van der Waals surface area (Å²) in [4.78, 5) is 27.4. The zero-order chi connectivity index (χ0) is 15.4. The molecule has 21 heavy (non-hydrogen) atoms. The van der Waals surface area contributed by atoms with Crippen molar-refractivity contribution < 1.29 is 14.7 Å². The lowest BCUT2D eigenvalue weighted by Crippen LogP contribution is -2.34. The average molecular weight is 288 g/mol. The summed E-state index contributed by atoms with van der Waals surface area (Å²) in [5.74, 6) is -1.17. The SMILES string of the molecule is CC(C)c1nc(C(=O)N[C@H](C(=O)O)c2ccccc2)n[nH]1. The number of nitrogens with zero attached hydrogens (tertiary/aromatic N) is 2. The third kappa shape index (κ3) is 3.44. The highest BCUT2D eigenvalue weighted by molar-refractivity contribution is 5.93. The Kier molecular flexibility index (Phi) is 4.32. The molecular formula is C14H16N4O3. The van der Waals surface area contributed by atoms with Crippen LogP contribution in [0.4, 0.5) is 0 Å². The van der Waals surface area contributed by atoms with Crippen LogP contribution in [0.25, 0.3) is 0 Å². The average Bonchev–Trinajstić information content (AvgIpc) is 2.95. The Hall–Kier alpha value is -2.70. The first-order valence-corrected chi connectivity index (χ1v) is 6.50. The number of nitrogens with one attached hydrogen (secondary N) is 2. The second-order valence-electron chi connectivity index (χ2n) is 4.85. The molecule has 2 aromatic rings. The van der Waals surface area contributed by atoms with Crippen molar-refractivity contribution in [1.82, 2.24) is 20.5 Å². The maximum absolute atomic E-state index is 12.0. The van der Waals surface area contributed by atoms with Crippen molar-refractivity contribution in [2.24, 2.45) is 0 Å². The maximum atomic E-state index is 12.0. The number of hydrogen-bond donors (Lipinski definition) is 3. The van der Waals surface area contributed by atoms with Crippen molar-refractivity contribution in [3.8, 4) is 0 Å². The summed E-state index contributed by atoms with van der Waals surface area (Å²) in [5.41, 5.74) is 0.484. The molecular weight excluding hydrogens is 272 g/mol. The van der Waals surface area contributed by atoms with Gasteiger partial charge in [-0.2, -0.15) is 0 Å². The van der Waals surface area contributed by atoms with Crippen molar-refractivity contribution in [2.45, 2.75) is 25.8 Å². The highest BCUT2D eigenvalue weighted by Gasteiger charge is 2.24. The minimum absolute atomic E-state index is 0.0686. The van der Waals surface area contributed by atoms with Crippen LogP contribution in [0.2, 0.25) is 0 Å². The van der Waals surface area contributed by atoms with E-state index in [1.165, 1.54) is 0 Å². The molecule has 7 nitrogen and oxygen atoms in total. The Morgan fingerprint density at radius 2 is 1.90 bits per heavy atom. The number of aromatic amines is 1. The predicted octanol–water partition coefficient (Wildman–Crippen LogP) is 1.48. The standard InChI is InChI=1S/C14H16N4O3/c1-8(2)11-16-12(18-17-11)13(19)15-10(14(20)21)9-6-4-3-5-7-9/h3-8,10H,1-2H3,(H,15,19)(H,20,21)(H,16,17,18)/t10-/m0/s1. The van der Waals surface area contributed by atoms with Crippen molar-refractivity contribution in [2.75, 3.05) is 0 Å². The lowest BCUT2D eigenvalue weighted by atomic mass is 10.1. The predicted molar refractivity (Wildman–Crippen MR) is 74.8 cm³/mol. The minimum Gasteiger partial charge on any atom is -0.479 e. The van der Waals surface area contributed by atoms with Crippen LogP contribution in [0, 0.1) is 0 Å². The van der Waals surface area contributed by atoms with Gasteiger partial charge in [-0.3, -0.25) is 9.89 Å². The molecule has 7 heteroatoms. The monoisotopic (exact) mass is 288 g/mol. The minimum atomic E-state index is -1.14. The van der Waals surface area contributed by atoms with E-state index in [2.05, 4.69) is 20.5 Å². The number of benzene rings is 1. The van der Waals surface area contributed by atoms with Gasteiger partial charge in [0.15, 0.2) is 6.04 Å². The molecule has 1 amide bonds. The number of carbonyl (C=O) groups excluding carboxylic acids is 1. The molecule has 3 N–H and O–H groups in total. The molecule has 0 aliphatic heterocycles. The summed E-state index contributed by atoms with van der Waals surface area (Å²) in [6.07, 6.45) is 0. The quantitative estimate of drug-likeness (QED) is 0.772. The lowest BCUT2D eigenvalue weighted by molar-refractivity contribution is -0.139. The van der Waals surface area contributed by atoms with Gasteiger partial charge in [-0.25, -0.2) is 9.78 Å². The van der Waals surface area contributed by atoms with Crippen molar-refractivity contribution >= 4 is 11.9 Å². The number of rotatable bonds is 5. The molecule has 1 aromatic carbocycles. The molecule has 0 saturated carbocycles. The Bertz CT molecular complexity index is 637. The molecule has 1 heterocycles. The smallest absolute Gasteiger partial charge is 0.330 e. The summed E-state index contributed by atoms with van der Waals surface area (Å²) >= 11 is 0.